The highest BCUT2D eigenvalue weighted by atomic mass is 79.9. The van der Waals surface area contributed by atoms with Gasteiger partial charge in [0.1, 0.15) is 5.75 Å². The minimum Gasteiger partial charge on any atom is -0.493 e. The lowest BCUT2D eigenvalue weighted by Gasteiger charge is -2.12. The van der Waals surface area contributed by atoms with Gasteiger partial charge in [0.2, 0.25) is 0 Å². The zero-order valence-electron chi connectivity index (χ0n) is 10.2. The van der Waals surface area contributed by atoms with Crippen molar-refractivity contribution in [3.8, 4) is 5.75 Å². The lowest BCUT2D eigenvalue weighted by Crippen LogP contribution is -2.24. The van der Waals surface area contributed by atoms with Crippen LogP contribution in [0, 0.1) is 5.92 Å². The van der Waals surface area contributed by atoms with Gasteiger partial charge in [-0.2, -0.15) is 0 Å². The molecular weight excluding hydrogens is 314 g/mol. The summed E-state index contributed by atoms with van der Waals surface area (Å²) in [7, 11) is 0. The standard InChI is InChI=1S/C14H17BrClNO/c15-12-5-10-3-4-18-14(10)11(6-12)7-17-8-13(16)9-1-2-9/h5-6,9,13,17H,1-4,7-8H2. The van der Waals surface area contributed by atoms with Gasteiger partial charge in [0, 0.05) is 34.9 Å². The molecule has 3 rings (SSSR count). The minimum atomic E-state index is 0.283. The number of benzene rings is 1. The number of nitrogens with one attached hydrogen (secondary N) is 1. The summed E-state index contributed by atoms with van der Waals surface area (Å²) in [6.45, 7) is 2.52. The predicted octanol–water partition coefficient (Wildman–Crippen LogP) is 3.49. The normalized spacial score (nSPS) is 19.4. The molecule has 1 heterocycles. The van der Waals surface area contributed by atoms with Gasteiger partial charge in [-0.3, -0.25) is 0 Å². The fourth-order valence-corrected chi connectivity index (χ4v) is 3.36. The van der Waals surface area contributed by atoms with E-state index >= 15 is 0 Å². The number of fused-ring (bicyclic) bond motifs is 1. The molecule has 98 valence electrons. The van der Waals surface area contributed by atoms with Crippen LogP contribution in [0.3, 0.4) is 0 Å². The molecule has 1 unspecified atom stereocenters. The van der Waals surface area contributed by atoms with Crippen LogP contribution in [-0.4, -0.2) is 18.5 Å². The summed E-state index contributed by atoms with van der Waals surface area (Å²) >= 11 is 9.85. The Morgan fingerprint density at radius 2 is 2.28 bits per heavy atom. The van der Waals surface area contributed by atoms with Crippen LogP contribution in [0.5, 0.6) is 5.75 Å². The molecule has 2 aliphatic rings. The summed E-state index contributed by atoms with van der Waals surface area (Å²) in [6.07, 6.45) is 3.61. The SMILES string of the molecule is ClC(CNCc1cc(Br)cc2c1OCC2)C1CC1. The summed E-state index contributed by atoms with van der Waals surface area (Å²) in [5.41, 5.74) is 2.54. The van der Waals surface area contributed by atoms with Crippen molar-refractivity contribution in [1.29, 1.82) is 0 Å². The van der Waals surface area contributed by atoms with E-state index < -0.39 is 0 Å². The van der Waals surface area contributed by atoms with E-state index in [1.54, 1.807) is 0 Å². The van der Waals surface area contributed by atoms with Gasteiger partial charge in [0.15, 0.2) is 0 Å². The molecule has 0 aromatic heterocycles. The van der Waals surface area contributed by atoms with Gasteiger partial charge in [0.05, 0.1) is 6.61 Å². The van der Waals surface area contributed by atoms with Crippen LogP contribution in [-0.2, 0) is 13.0 Å². The second kappa shape index (κ2) is 5.40. The zero-order valence-corrected chi connectivity index (χ0v) is 12.6. The molecule has 0 amide bonds. The highest BCUT2D eigenvalue weighted by Gasteiger charge is 2.29. The van der Waals surface area contributed by atoms with E-state index in [1.165, 1.54) is 24.0 Å². The Morgan fingerprint density at radius 3 is 3.06 bits per heavy atom. The monoisotopic (exact) mass is 329 g/mol. The highest BCUT2D eigenvalue weighted by molar-refractivity contribution is 9.10. The quantitative estimate of drug-likeness (QED) is 0.835. The molecule has 0 radical (unpaired) electrons. The Bertz CT molecular complexity index is 448. The Kier molecular flexibility index (Phi) is 3.83. The second-order valence-electron chi connectivity index (χ2n) is 5.14. The third-order valence-electron chi connectivity index (χ3n) is 3.61. The lowest BCUT2D eigenvalue weighted by molar-refractivity contribution is 0.352. The van der Waals surface area contributed by atoms with E-state index in [0.717, 1.165) is 42.3 Å². The first-order chi connectivity index (χ1) is 8.74. The van der Waals surface area contributed by atoms with Gasteiger partial charge < -0.3 is 10.1 Å². The summed E-state index contributed by atoms with van der Waals surface area (Å²) in [5, 5.41) is 3.73. The molecule has 1 atom stereocenters. The van der Waals surface area contributed by atoms with Crippen molar-refractivity contribution in [1.82, 2.24) is 5.32 Å². The maximum absolute atomic E-state index is 6.29. The fraction of sp³-hybridized carbons (Fsp3) is 0.571. The van der Waals surface area contributed by atoms with Crippen molar-refractivity contribution in [2.45, 2.75) is 31.2 Å². The number of ether oxygens (including phenoxy) is 1. The fourth-order valence-electron chi connectivity index (χ4n) is 2.45. The second-order valence-corrected chi connectivity index (χ2v) is 6.61. The van der Waals surface area contributed by atoms with Crippen LogP contribution < -0.4 is 10.1 Å². The summed E-state index contributed by atoms with van der Waals surface area (Å²) in [5.74, 6) is 1.81. The van der Waals surface area contributed by atoms with E-state index in [2.05, 4.69) is 33.4 Å². The molecule has 1 aliphatic heterocycles. The Balaban J connectivity index is 1.61. The molecule has 0 bridgehead atoms. The first-order valence-electron chi connectivity index (χ1n) is 6.53. The van der Waals surface area contributed by atoms with Gasteiger partial charge in [-0.25, -0.2) is 0 Å². The summed E-state index contributed by atoms with van der Waals surface area (Å²) < 4.78 is 6.84. The van der Waals surface area contributed by atoms with E-state index in [9.17, 15) is 0 Å². The van der Waals surface area contributed by atoms with Crippen molar-refractivity contribution in [3.05, 3.63) is 27.7 Å². The lowest BCUT2D eigenvalue weighted by atomic mass is 10.1. The molecule has 1 saturated carbocycles. The molecule has 18 heavy (non-hydrogen) atoms. The summed E-state index contributed by atoms with van der Waals surface area (Å²) in [4.78, 5) is 0. The smallest absolute Gasteiger partial charge is 0.127 e. The number of rotatable bonds is 5. The highest BCUT2D eigenvalue weighted by Crippen LogP contribution is 2.36. The van der Waals surface area contributed by atoms with Crippen LogP contribution in [0.25, 0.3) is 0 Å². The van der Waals surface area contributed by atoms with E-state index in [0.29, 0.717) is 0 Å². The van der Waals surface area contributed by atoms with E-state index in [-0.39, 0.29) is 5.38 Å². The largest absolute Gasteiger partial charge is 0.493 e. The summed E-state index contributed by atoms with van der Waals surface area (Å²) in [6, 6.07) is 4.29. The predicted molar refractivity (Wildman–Crippen MR) is 77.4 cm³/mol. The van der Waals surface area contributed by atoms with Gasteiger partial charge >= 0.3 is 0 Å². The van der Waals surface area contributed by atoms with Gasteiger partial charge in [-0.05, 0) is 36.5 Å². The third kappa shape index (κ3) is 2.84. The van der Waals surface area contributed by atoms with Gasteiger partial charge in [-0.1, -0.05) is 15.9 Å². The van der Waals surface area contributed by atoms with Crippen LogP contribution in [0.1, 0.15) is 24.0 Å². The molecule has 1 aromatic rings. The molecule has 1 fully saturated rings. The molecule has 2 nitrogen and oxygen atoms in total. The minimum absolute atomic E-state index is 0.283. The number of alkyl halides is 1. The van der Waals surface area contributed by atoms with Crippen molar-refractivity contribution < 1.29 is 4.74 Å². The third-order valence-corrected chi connectivity index (χ3v) is 4.58. The number of hydrogen-bond donors (Lipinski definition) is 1. The first kappa shape index (κ1) is 12.8. The molecule has 0 spiro atoms. The molecule has 1 N–H and O–H groups in total. The maximum atomic E-state index is 6.29. The average Bonchev–Trinajstić information content (AvgIpc) is 3.08. The van der Waals surface area contributed by atoms with E-state index in [4.69, 9.17) is 16.3 Å². The van der Waals surface area contributed by atoms with Crippen LogP contribution in [0.2, 0.25) is 0 Å². The Labute approximate surface area is 121 Å². The topological polar surface area (TPSA) is 21.3 Å². The number of halogens is 2. The Morgan fingerprint density at radius 1 is 1.44 bits per heavy atom. The van der Waals surface area contributed by atoms with Crippen molar-refractivity contribution >= 4 is 27.5 Å². The molecule has 4 heteroatoms. The van der Waals surface area contributed by atoms with Crippen LogP contribution >= 0.6 is 27.5 Å². The van der Waals surface area contributed by atoms with E-state index in [1.807, 2.05) is 0 Å². The maximum Gasteiger partial charge on any atom is 0.127 e. The van der Waals surface area contributed by atoms with Crippen molar-refractivity contribution in [2.75, 3.05) is 13.2 Å². The molecular formula is C14H17BrClNO. The molecule has 1 aromatic carbocycles. The van der Waals surface area contributed by atoms with Crippen molar-refractivity contribution in [3.63, 3.8) is 0 Å². The molecule has 1 aliphatic carbocycles. The van der Waals surface area contributed by atoms with Gasteiger partial charge in [-0.15, -0.1) is 11.6 Å². The van der Waals surface area contributed by atoms with Crippen LogP contribution in [0.15, 0.2) is 16.6 Å². The Hall–Kier alpha value is -0.250. The van der Waals surface area contributed by atoms with Crippen LogP contribution in [0.4, 0.5) is 0 Å². The zero-order chi connectivity index (χ0) is 12.5. The van der Waals surface area contributed by atoms with Gasteiger partial charge in [0.25, 0.3) is 0 Å². The number of hydrogen-bond acceptors (Lipinski definition) is 2. The average molecular weight is 331 g/mol. The first-order valence-corrected chi connectivity index (χ1v) is 7.76. The van der Waals surface area contributed by atoms with Crippen molar-refractivity contribution in [2.24, 2.45) is 5.92 Å². The molecule has 0 saturated heterocycles.